The van der Waals surface area contributed by atoms with Crippen molar-refractivity contribution in [2.75, 3.05) is 39.8 Å². The van der Waals surface area contributed by atoms with Crippen LogP contribution in [0.2, 0.25) is 0 Å². The molecule has 0 aliphatic carbocycles. The van der Waals surface area contributed by atoms with Gasteiger partial charge < -0.3 is 4.90 Å². The van der Waals surface area contributed by atoms with Gasteiger partial charge in [-0.15, -0.1) is 0 Å². The lowest BCUT2D eigenvalue weighted by molar-refractivity contribution is -0.123. The van der Waals surface area contributed by atoms with E-state index in [1.165, 1.54) is 45.2 Å². The Morgan fingerprint density at radius 3 is 1.86 bits per heavy atom. The van der Waals surface area contributed by atoms with E-state index >= 15 is 0 Å². The molecular weight excluding hydrogens is 272 g/mol. The maximum atomic E-state index is 11.8. The van der Waals surface area contributed by atoms with E-state index in [9.17, 15) is 4.79 Å². The molecule has 0 aromatic carbocycles. The minimum absolute atomic E-state index is 0.187. The number of carbonyl (C=O) groups excluding carboxylic acids is 1. The quantitative estimate of drug-likeness (QED) is 0.774. The number of likely N-dealkylation sites (tertiary alicyclic amines) is 2. The van der Waals surface area contributed by atoms with Crippen LogP contribution in [-0.4, -0.2) is 55.4 Å². The zero-order valence-electron chi connectivity index (χ0n) is 15.6. The molecule has 2 heterocycles. The van der Waals surface area contributed by atoms with Gasteiger partial charge in [-0.25, -0.2) is 0 Å². The van der Waals surface area contributed by atoms with Gasteiger partial charge in [0.2, 0.25) is 0 Å². The summed E-state index contributed by atoms with van der Waals surface area (Å²) in [7, 11) is 2.24. The maximum Gasteiger partial charge on any atom is 0.149 e. The molecule has 22 heavy (non-hydrogen) atoms. The van der Waals surface area contributed by atoms with Gasteiger partial charge in [0, 0.05) is 5.92 Å². The average molecular weight is 311 g/mol. The predicted octanol–water partition coefficient (Wildman–Crippen LogP) is 3.68. The third-order valence-electron chi connectivity index (χ3n) is 5.24. The van der Waals surface area contributed by atoms with Crippen molar-refractivity contribution in [2.24, 2.45) is 17.8 Å². The van der Waals surface area contributed by atoms with Crippen molar-refractivity contribution in [2.45, 2.75) is 59.8 Å². The van der Waals surface area contributed by atoms with Gasteiger partial charge in [-0.05, 0) is 77.2 Å². The molecule has 0 bridgehead atoms. The highest BCUT2D eigenvalue weighted by Gasteiger charge is 2.25. The van der Waals surface area contributed by atoms with Gasteiger partial charge in [0.15, 0.2) is 0 Å². The molecule has 0 aromatic heterocycles. The molecule has 2 aliphatic heterocycles. The summed E-state index contributed by atoms with van der Waals surface area (Å²) in [6.45, 7) is 13.5. The maximum absolute atomic E-state index is 11.8. The molecule has 0 saturated carbocycles. The van der Waals surface area contributed by atoms with Crippen LogP contribution in [0.3, 0.4) is 0 Å². The van der Waals surface area contributed by atoms with Crippen LogP contribution >= 0.6 is 0 Å². The van der Waals surface area contributed by atoms with Crippen molar-refractivity contribution in [1.29, 1.82) is 0 Å². The highest BCUT2D eigenvalue weighted by atomic mass is 16.1. The van der Waals surface area contributed by atoms with Crippen LogP contribution in [-0.2, 0) is 4.79 Å². The van der Waals surface area contributed by atoms with E-state index in [0.717, 1.165) is 24.9 Å². The number of carbonyl (C=O) groups is 1. The Bertz CT molecular complexity index is 301. The Balaban J connectivity index is 0.00000116. The Labute approximate surface area is 138 Å². The lowest BCUT2D eigenvalue weighted by atomic mass is 9.83. The summed E-state index contributed by atoms with van der Waals surface area (Å²) in [5.74, 6) is 2.46. The van der Waals surface area contributed by atoms with Crippen LogP contribution in [0.1, 0.15) is 59.8 Å². The number of hydrogen-bond donors (Lipinski definition) is 0. The van der Waals surface area contributed by atoms with Gasteiger partial charge in [-0.1, -0.05) is 27.7 Å². The van der Waals surface area contributed by atoms with Crippen LogP contribution < -0.4 is 0 Å². The Kier molecular flexibility index (Phi) is 9.27. The molecule has 130 valence electrons. The zero-order valence-corrected chi connectivity index (χ0v) is 15.6. The molecule has 2 fully saturated rings. The van der Waals surface area contributed by atoms with E-state index in [1.807, 2.05) is 27.7 Å². The zero-order chi connectivity index (χ0) is 16.5. The average Bonchev–Trinajstić information content (AvgIpc) is 2.53. The van der Waals surface area contributed by atoms with Gasteiger partial charge in [-0.2, -0.15) is 0 Å². The molecule has 3 nitrogen and oxygen atoms in total. The van der Waals surface area contributed by atoms with Crippen molar-refractivity contribution in [3.63, 3.8) is 0 Å². The molecular formula is C19H38N2O. The SMILES string of the molecule is CC.CC(C)C(=O)CN1CCC(CC2CCN(C)CC2)CC1. The first kappa shape index (κ1) is 19.6. The van der Waals surface area contributed by atoms with E-state index in [0.29, 0.717) is 12.3 Å². The monoisotopic (exact) mass is 310 g/mol. The van der Waals surface area contributed by atoms with Crippen LogP contribution in [0.4, 0.5) is 0 Å². The second kappa shape index (κ2) is 10.4. The number of hydrogen-bond acceptors (Lipinski definition) is 3. The summed E-state index contributed by atoms with van der Waals surface area (Å²) >= 11 is 0. The van der Waals surface area contributed by atoms with E-state index < -0.39 is 0 Å². The highest BCUT2D eigenvalue weighted by Crippen LogP contribution is 2.29. The fraction of sp³-hybridized carbons (Fsp3) is 0.947. The summed E-state index contributed by atoms with van der Waals surface area (Å²) in [5, 5.41) is 0. The smallest absolute Gasteiger partial charge is 0.149 e. The first-order valence-corrected chi connectivity index (χ1v) is 9.48. The Hall–Kier alpha value is -0.410. The molecule has 0 spiro atoms. The molecule has 3 heteroatoms. The number of rotatable bonds is 5. The van der Waals surface area contributed by atoms with Crippen LogP contribution in [0.5, 0.6) is 0 Å². The van der Waals surface area contributed by atoms with E-state index in [1.54, 1.807) is 0 Å². The van der Waals surface area contributed by atoms with Crippen LogP contribution in [0, 0.1) is 17.8 Å². The lowest BCUT2D eigenvalue weighted by Crippen LogP contribution is -2.39. The number of piperidine rings is 2. The molecule has 0 radical (unpaired) electrons. The van der Waals surface area contributed by atoms with E-state index in [2.05, 4.69) is 16.8 Å². The molecule has 2 saturated heterocycles. The summed E-state index contributed by atoms with van der Waals surface area (Å²) in [6, 6.07) is 0. The topological polar surface area (TPSA) is 23.6 Å². The normalized spacial score (nSPS) is 22.5. The van der Waals surface area contributed by atoms with Gasteiger partial charge in [0.1, 0.15) is 5.78 Å². The van der Waals surface area contributed by atoms with Crippen molar-refractivity contribution >= 4 is 5.78 Å². The predicted molar refractivity (Wildman–Crippen MR) is 95.2 cm³/mol. The molecule has 0 atom stereocenters. The van der Waals surface area contributed by atoms with E-state index in [4.69, 9.17) is 0 Å². The Morgan fingerprint density at radius 2 is 1.41 bits per heavy atom. The summed E-state index contributed by atoms with van der Waals surface area (Å²) < 4.78 is 0. The van der Waals surface area contributed by atoms with E-state index in [-0.39, 0.29) is 5.92 Å². The van der Waals surface area contributed by atoms with Crippen molar-refractivity contribution in [3.8, 4) is 0 Å². The first-order chi connectivity index (χ1) is 10.5. The minimum Gasteiger partial charge on any atom is -0.306 e. The molecule has 2 rings (SSSR count). The molecule has 0 aromatic rings. The third kappa shape index (κ3) is 6.78. The highest BCUT2D eigenvalue weighted by molar-refractivity contribution is 5.82. The summed E-state index contributed by atoms with van der Waals surface area (Å²) in [4.78, 5) is 16.6. The van der Waals surface area contributed by atoms with Crippen LogP contribution in [0.25, 0.3) is 0 Å². The first-order valence-electron chi connectivity index (χ1n) is 9.48. The standard InChI is InChI=1S/C17H32N2O.C2H6/c1-14(2)17(20)13-19-10-6-16(7-11-19)12-15-4-8-18(3)9-5-15;1-2/h14-16H,4-13H2,1-3H3;1-2H3. The summed E-state index contributed by atoms with van der Waals surface area (Å²) in [6.07, 6.45) is 6.82. The minimum atomic E-state index is 0.187. The second-order valence-corrected chi connectivity index (χ2v) is 7.32. The lowest BCUT2D eigenvalue weighted by Gasteiger charge is -2.35. The number of nitrogens with zero attached hydrogens (tertiary/aromatic N) is 2. The van der Waals surface area contributed by atoms with Gasteiger partial charge >= 0.3 is 0 Å². The fourth-order valence-electron chi connectivity index (χ4n) is 3.55. The Morgan fingerprint density at radius 1 is 0.955 bits per heavy atom. The fourth-order valence-corrected chi connectivity index (χ4v) is 3.55. The largest absolute Gasteiger partial charge is 0.306 e. The van der Waals surface area contributed by atoms with Gasteiger partial charge in [0.05, 0.1) is 6.54 Å². The molecule has 2 aliphatic rings. The number of ketones is 1. The number of Topliss-reactive ketones (excluding diaryl/α,β-unsaturated/α-hetero) is 1. The van der Waals surface area contributed by atoms with Gasteiger partial charge in [0.25, 0.3) is 0 Å². The van der Waals surface area contributed by atoms with Crippen molar-refractivity contribution in [1.82, 2.24) is 9.80 Å². The molecule has 0 amide bonds. The van der Waals surface area contributed by atoms with Gasteiger partial charge in [-0.3, -0.25) is 9.69 Å². The second-order valence-electron chi connectivity index (χ2n) is 7.32. The van der Waals surface area contributed by atoms with Crippen molar-refractivity contribution in [3.05, 3.63) is 0 Å². The van der Waals surface area contributed by atoms with Crippen molar-refractivity contribution < 1.29 is 4.79 Å². The molecule has 0 unspecified atom stereocenters. The third-order valence-corrected chi connectivity index (χ3v) is 5.24. The molecule has 0 N–H and O–H groups in total. The van der Waals surface area contributed by atoms with Crippen LogP contribution in [0.15, 0.2) is 0 Å². The summed E-state index contributed by atoms with van der Waals surface area (Å²) in [5.41, 5.74) is 0.